The van der Waals surface area contributed by atoms with E-state index in [1.807, 2.05) is 26.8 Å². The van der Waals surface area contributed by atoms with Crippen molar-refractivity contribution in [3.05, 3.63) is 35.9 Å². The summed E-state index contributed by atoms with van der Waals surface area (Å²) in [6.07, 6.45) is 0.949. The topological polar surface area (TPSA) is 171 Å². The second kappa shape index (κ2) is 14.3. The van der Waals surface area contributed by atoms with Gasteiger partial charge in [-0.15, -0.1) is 0 Å². The van der Waals surface area contributed by atoms with Crippen LogP contribution in [0.2, 0.25) is 0 Å². The molecule has 0 saturated heterocycles. The number of rotatable bonds is 14. The van der Waals surface area contributed by atoms with E-state index in [4.69, 9.17) is 10.8 Å². The van der Waals surface area contributed by atoms with Crippen LogP contribution in [0.3, 0.4) is 0 Å². The monoisotopic (exact) mass is 478 g/mol. The van der Waals surface area contributed by atoms with Crippen LogP contribution in [0.25, 0.3) is 0 Å². The molecule has 0 aliphatic rings. The van der Waals surface area contributed by atoms with Crippen LogP contribution in [0.4, 0.5) is 0 Å². The molecule has 10 heteroatoms. The first kappa shape index (κ1) is 29.1. The number of carbonyl (C=O) groups excluding carboxylic acids is 3. The van der Waals surface area contributed by atoms with E-state index in [1.54, 1.807) is 31.2 Å². The molecule has 0 aromatic heterocycles. The Labute approximate surface area is 200 Å². The number of nitrogens with one attached hydrogen (secondary N) is 3. The molecular weight excluding hydrogens is 440 g/mol. The van der Waals surface area contributed by atoms with Crippen molar-refractivity contribution in [3.8, 4) is 0 Å². The number of aliphatic carboxylic acids is 1. The molecule has 0 fully saturated rings. The largest absolute Gasteiger partial charge is 0.480 e. The molecule has 190 valence electrons. The molecule has 5 unspecified atom stereocenters. The second-order valence-corrected chi connectivity index (χ2v) is 8.94. The highest BCUT2D eigenvalue weighted by Crippen LogP contribution is 2.11. The van der Waals surface area contributed by atoms with Gasteiger partial charge in [-0.1, -0.05) is 64.4 Å². The summed E-state index contributed by atoms with van der Waals surface area (Å²) in [5.41, 5.74) is 6.33. The molecule has 0 spiro atoms. The summed E-state index contributed by atoms with van der Waals surface area (Å²) in [7, 11) is 0. The van der Waals surface area contributed by atoms with Crippen LogP contribution < -0.4 is 21.7 Å². The fourth-order valence-electron chi connectivity index (χ4n) is 3.33. The van der Waals surface area contributed by atoms with Crippen LogP contribution in [0.1, 0.15) is 46.1 Å². The summed E-state index contributed by atoms with van der Waals surface area (Å²) in [5.74, 6) is -3.36. The molecule has 0 aliphatic heterocycles. The Hall–Kier alpha value is -2.98. The standard InChI is InChI=1S/C24H38N4O6/c1-5-15(4)20(24(33)34)28-23(32)19(12-16-9-7-6-8-10-16)27-22(31)18(11-14(2)3)26-21(30)17(25)13-29/h6-10,14-15,17-20,29H,5,11-13,25H2,1-4H3,(H,26,30)(H,27,31)(H,28,32)(H,33,34). The predicted octanol–water partition coefficient (Wildman–Crippen LogP) is 0.180. The van der Waals surface area contributed by atoms with Gasteiger partial charge in [-0.2, -0.15) is 0 Å². The van der Waals surface area contributed by atoms with Crippen LogP contribution in [0, 0.1) is 11.8 Å². The van der Waals surface area contributed by atoms with Crippen molar-refractivity contribution in [1.29, 1.82) is 0 Å². The first-order valence-corrected chi connectivity index (χ1v) is 11.5. The molecule has 1 aromatic rings. The number of hydrogen-bond acceptors (Lipinski definition) is 6. The minimum Gasteiger partial charge on any atom is -0.480 e. The number of nitrogens with two attached hydrogens (primary N) is 1. The molecule has 3 amide bonds. The lowest BCUT2D eigenvalue weighted by atomic mass is 9.97. The number of carboxylic acid groups (broad SMARTS) is 1. The van der Waals surface area contributed by atoms with Gasteiger partial charge >= 0.3 is 5.97 Å². The number of benzene rings is 1. The first-order chi connectivity index (χ1) is 16.0. The zero-order valence-corrected chi connectivity index (χ0v) is 20.3. The van der Waals surface area contributed by atoms with Crippen molar-refractivity contribution >= 4 is 23.7 Å². The average Bonchev–Trinajstić information content (AvgIpc) is 2.80. The van der Waals surface area contributed by atoms with Gasteiger partial charge in [0.25, 0.3) is 0 Å². The number of carboxylic acids is 1. The lowest BCUT2D eigenvalue weighted by Crippen LogP contribution is -2.58. The lowest BCUT2D eigenvalue weighted by Gasteiger charge is -2.27. The van der Waals surface area contributed by atoms with Gasteiger partial charge in [0.2, 0.25) is 17.7 Å². The molecule has 1 rings (SSSR count). The first-order valence-electron chi connectivity index (χ1n) is 11.5. The van der Waals surface area contributed by atoms with E-state index in [9.17, 15) is 24.3 Å². The van der Waals surface area contributed by atoms with Gasteiger partial charge in [-0.05, 0) is 23.8 Å². The van der Waals surface area contributed by atoms with E-state index < -0.39 is 54.5 Å². The smallest absolute Gasteiger partial charge is 0.326 e. The average molecular weight is 479 g/mol. The Morgan fingerprint density at radius 1 is 0.912 bits per heavy atom. The van der Waals surface area contributed by atoms with E-state index in [-0.39, 0.29) is 24.7 Å². The molecule has 0 heterocycles. The van der Waals surface area contributed by atoms with E-state index in [1.165, 1.54) is 0 Å². The fraction of sp³-hybridized carbons (Fsp3) is 0.583. The molecular formula is C24H38N4O6. The SMILES string of the molecule is CCC(C)C(NC(=O)C(Cc1ccccc1)NC(=O)C(CC(C)C)NC(=O)C(N)CO)C(=O)O. The Morgan fingerprint density at radius 2 is 1.47 bits per heavy atom. The zero-order valence-electron chi connectivity index (χ0n) is 20.3. The Kier molecular flexibility index (Phi) is 12.2. The summed E-state index contributed by atoms with van der Waals surface area (Å²) >= 11 is 0. The van der Waals surface area contributed by atoms with Crippen LogP contribution in [-0.4, -0.2) is 64.7 Å². The molecule has 1 aromatic carbocycles. The van der Waals surface area contributed by atoms with Crippen molar-refractivity contribution in [2.75, 3.05) is 6.61 Å². The molecule has 0 saturated carbocycles. The third-order valence-corrected chi connectivity index (χ3v) is 5.57. The molecule has 0 bridgehead atoms. The molecule has 34 heavy (non-hydrogen) atoms. The maximum absolute atomic E-state index is 13.1. The maximum Gasteiger partial charge on any atom is 0.326 e. The molecule has 0 aliphatic carbocycles. The number of amides is 3. The fourth-order valence-corrected chi connectivity index (χ4v) is 3.33. The molecule has 0 radical (unpaired) electrons. The Bertz CT molecular complexity index is 817. The maximum atomic E-state index is 13.1. The van der Waals surface area contributed by atoms with E-state index >= 15 is 0 Å². The van der Waals surface area contributed by atoms with Crippen molar-refractivity contribution in [2.45, 2.75) is 71.1 Å². The quantitative estimate of drug-likeness (QED) is 0.221. The summed E-state index contributed by atoms with van der Waals surface area (Å²) in [4.78, 5) is 50.1. The van der Waals surface area contributed by atoms with Crippen LogP contribution in [0.15, 0.2) is 30.3 Å². The minimum atomic E-state index is -1.18. The van der Waals surface area contributed by atoms with E-state index in [0.29, 0.717) is 6.42 Å². The van der Waals surface area contributed by atoms with Gasteiger partial charge in [-0.3, -0.25) is 14.4 Å². The number of carbonyl (C=O) groups is 4. The van der Waals surface area contributed by atoms with Gasteiger partial charge in [0.1, 0.15) is 24.2 Å². The van der Waals surface area contributed by atoms with Crippen LogP contribution in [-0.2, 0) is 25.6 Å². The number of hydrogen-bond donors (Lipinski definition) is 6. The van der Waals surface area contributed by atoms with Gasteiger partial charge in [0, 0.05) is 6.42 Å². The van der Waals surface area contributed by atoms with Gasteiger partial charge in [-0.25, -0.2) is 4.79 Å². The summed E-state index contributed by atoms with van der Waals surface area (Å²) in [6.45, 7) is 6.72. The van der Waals surface area contributed by atoms with Gasteiger partial charge in [0.15, 0.2) is 0 Å². The zero-order chi connectivity index (χ0) is 25.8. The lowest BCUT2D eigenvalue weighted by molar-refractivity contribution is -0.143. The Balaban J connectivity index is 3.14. The third kappa shape index (κ3) is 9.48. The van der Waals surface area contributed by atoms with Crippen LogP contribution in [0.5, 0.6) is 0 Å². The molecule has 7 N–H and O–H groups in total. The molecule has 10 nitrogen and oxygen atoms in total. The Morgan fingerprint density at radius 3 is 1.97 bits per heavy atom. The van der Waals surface area contributed by atoms with Crippen molar-refractivity contribution in [3.63, 3.8) is 0 Å². The van der Waals surface area contributed by atoms with E-state index in [2.05, 4.69) is 16.0 Å². The van der Waals surface area contributed by atoms with Gasteiger partial charge in [0.05, 0.1) is 6.61 Å². The second-order valence-electron chi connectivity index (χ2n) is 8.94. The van der Waals surface area contributed by atoms with E-state index in [0.717, 1.165) is 5.56 Å². The highest BCUT2D eigenvalue weighted by molar-refractivity contribution is 5.94. The van der Waals surface area contributed by atoms with Crippen LogP contribution >= 0.6 is 0 Å². The summed E-state index contributed by atoms with van der Waals surface area (Å²) in [5, 5.41) is 26.4. The minimum absolute atomic E-state index is 0.0320. The summed E-state index contributed by atoms with van der Waals surface area (Å²) in [6, 6.07) is 4.65. The highest BCUT2D eigenvalue weighted by Gasteiger charge is 2.32. The summed E-state index contributed by atoms with van der Waals surface area (Å²) < 4.78 is 0. The normalized spacial score (nSPS) is 15.5. The van der Waals surface area contributed by atoms with Gasteiger partial charge < -0.3 is 31.9 Å². The predicted molar refractivity (Wildman–Crippen MR) is 128 cm³/mol. The third-order valence-electron chi connectivity index (χ3n) is 5.57. The highest BCUT2D eigenvalue weighted by atomic mass is 16.4. The van der Waals surface area contributed by atoms with Crippen molar-refractivity contribution < 1.29 is 29.4 Å². The van der Waals surface area contributed by atoms with Crippen molar-refractivity contribution in [2.24, 2.45) is 17.6 Å². The van der Waals surface area contributed by atoms with Crippen molar-refractivity contribution in [1.82, 2.24) is 16.0 Å². The number of aliphatic hydroxyl groups excluding tert-OH is 1. The number of aliphatic hydroxyl groups is 1. The molecule has 5 atom stereocenters.